The summed E-state index contributed by atoms with van der Waals surface area (Å²) in [6.07, 6.45) is 3.34. The molecule has 3 aliphatic rings. The topological polar surface area (TPSA) is 134 Å². The summed E-state index contributed by atoms with van der Waals surface area (Å²) in [4.78, 5) is 32.3. The second-order valence-corrected chi connectivity index (χ2v) is 14.1. The van der Waals surface area contributed by atoms with Crippen molar-refractivity contribution in [3.05, 3.63) is 76.3 Å². The molecule has 6 rings (SSSR count). The SMILES string of the molecule is Cc1nccn1-c1ccc(S(=O)(=O)[C@@H]2C[C@H](OC(=O)NC3(C#N)CC3)N(C(=O)C3(c4ccc(Cl)cc4)CC3)C2)c(Cl)c1. The van der Waals surface area contributed by atoms with Crippen LogP contribution in [0, 0.1) is 18.3 Å². The summed E-state index contributed by atoms with van der Waals surface area (Å²) in [6.45, 7) is 1.63. The maximum absolute atomic E-state index is 14.0. The quantitative estimate of drug-likeness (QED) is 0.401. The lowest BCUT2D eigenvalue weighted by Crippen LogP contribution is -2.46. The number of rotatable bonds is 7. The van der Waals surface area contributed by atoms with Gasteiger partial charge in [-0.3, -0.25) is 4.79 Å². The molecule has 2 saturated carbocycles. The van der Waals surface area contributed by atoms with Crippen LogP contribution in [-0.4, -0.2) is 58.4 Å². The average Bonchev–Trinajstić information content (AvgIpc) is 3.84. The molecular weight excluding hydrogens is 601 g/mol. The Hall–Kier alpha value is -3.59. The van der Waals surface area contributed by atoms with Gasteiger partial charge in [-0.25, -0.2) is 18.2 Å². The Morgan fingerprint density at radius 2 is 1.83 bits per heavy atom. The molecule has 2 aromatic carbocycles. The number of imidazole rings is 1. The van der Waals surface area contributed by atoms with E-state index in [4.69, 9.17) is 27.9 Å². The Bertz CT molecular complexity index is 1730. The van der Waals surface area contributed by atoms with Crippen molar-refractivity contribution in [1.82, 2.24) is 19.8 Å². The predicted molar refractivity (Wildman–Crippen MR) is 154 cm³/mol. The standard InChI is InChI=1S/C29H27Cl2N5O5S/c1-18-33-12-13-35(18)21-6-7-24(23(31)14-21)42(39,40)22-15-25(41-27(38)34-28(17-32)8-9-28)36(16-22)26(37)29(10-11-29)19-2-4-20(30)5-3-19/h2-7,12-14,22,25H,8-11,15-16H2,1H3,(H,34,38)/t22-,25+/m1/s1. The lowest BCUT2D eigenvalue weighted by molar-refractivity contribution is -0.140. The van der Waals surface area contributed by atoms with Gasteiger partial charge in [0.2, 0.25) is 5.91 Å². The van der Waals surface area contributed by atoms with E-state index in [2.05, 4.69) is 16.4 Å². The molecule has 13 heteroatoms. The normalized spacial score (nSPS) is 21.8. The highest BCUT2D eigenvalue weighted by Gasteiger charge is 2.57. The van der Waals surface area contributed by atoms with Gasteiger partial charge in [-0.05, 0) is 68.5 Å². The molecule has 3 aromatic rings. The molecule has 2 atom stereocenters. The number of carbonyl (C=O) groups excluding carboxylic acids is 2. The zero-order valence-corrected chi connectivity index (χ0v) is 24.9. The smallest absolute Gasteiger partial charge is 0.410 e. The number of hydrogen-bond donors (Lipinski definition) is 1. The first-order valence-electron chi connectivity index (χ1n) is 13.5. The molecular formula is C29H27Cl2N5O5S. The number of carbonyl (C=O) groups is 2. The van der Waals surface area contributed by atoms with E-state index in [1.165, 1.54) is 11.0 Å². The molecule has 1 aromatic heterocycles. The number of hydrogen-bond acceptors (Lipinski definition) is 7. The summed E-state index contributed by atoms with van der Waals surface area (Å²) >= 11 is 12.6. The molecule has 0 bridgehead atoms. The van der Waals surface area contributed by atoms with Gasteiger partial charge in [0.15, 0.2) is 16.1 Å². The maximum Gasteiger partial charge on any atom is 0.410 e. The third-order valence-electron chi connectivity index (χ3n) is 8.34. The molecule has 1 N–H and O–H groups in total. The van der Waals surface area contributed by atoms with Crippen LogP contribution in [0.15, 0.2) is 59.8 Å². The van der Waals surface area contributed by atoms with Gasteiger partial charge >= 0.3 is 6.09 Å². The first-order valence-corrected chi connectivity index (χ1v) is 15.8. The Kier molecular flexibility index (Phi) is 6.99. The van der Waals surface area contributed by atoms with Crippen molar-refractivity contribution in [2.24, 2.45) is 0 Å². The Balaban J connectivity index is 1.29. The van der Waals surface area contributed by atoms with E-state index >= 15 is 0 Å². The van der Waals surface area contributed by atoms with Crippen LogP contribution >= 0.6 is 23.2 Å². The average molecular weight is 629 g/mol. The van der Waals surface area contributed by atoms with E-state index < -0.39 is 38.4 Å². The maximum atomic E-state index is 14.0. The highest BCUT2D eigenvalue weighted by Crippen LogP contribution is 2.51. The first-order chi connectivity index (χ1) is 20.0. The number of amides is 2. The van der Waals surface area contributed by atoms with Crippen molar-refractivity contribution in [3.63, 3.8) is 0 Å². The van der Waals surface area contributed by atoms with Crippen molar-refractivity contribution in [2.45, 2.75) is 66.4 Å². The van der Waals surface area contributed by atoms with Crippen LogP contribution in [0.4, 0.5) is 4.79 Å². The van der Waals surface area contributed by atoms with E-state index in [9.17, 15) is 23.3 Å². The number of ether oxygens (including phenoxy) is 1. The van der Waals surface area contributed by atoms with Crippen molar-refractivity contribution in [3.8, 4) is 11.8 Å². The molecule has 0 unspecified atom stereocenters. The van der Waals surface area contributed by atoms with Gasteiger partial charge in [0.05, 0.1) is 26.7 Å². The number of aryl methyl sites for hydroxylation is 1. The fraction of sp³-hybridized carbons (Fsp3) is 0.379. The predicted octanol–water partition coefficient (Wildman–Crippen LogP) is 4.70. The van der Waals surface area contributed by atoms with E-state index in [0.717, 1.165) is 5.56 Å². The highest BCUT2D eigenvalue weighted by atomic mass is 35.5. The minimum Gasteiger partial charge on any atom is -0.425 e. The molecule has 3 fully saturated rings. The number of nitriles is 1. The summed E-state index contributed by atoms with van der Waals surface area (Å²) in [7, 11) is -4.06. The highest BCUT2D eigenvalue weighted by molar-refractivity contribution is 7.92. The van der Waals surface area contributed by atoms with Crippen molar-refractivity contribution in [2.75, 3.05) is 6.54 Å². The van der Waals surface area contributed by atoms with Crippen LogP contribution in [0.3, 0.4) is 0 Å². The number of alkyl carbamates (subject to hydrolysis) is 1. The van der Waals surface area contributed by atoms with Gasteiger partial charge in [0, 0.05) is 36.1 Å². The third-order valence-corrected chi connectivity index (χ3v) is 11.2. The number of halogens is 2. The zero-order valence-electron chi connectivity index (χ0n) is 22.6. The summed E-state index contributed by atoms with van der Waals surface area (Å²) < 4.78 is 35.3. The van der Waals surface area contributed by atoms with Gasteiger partial charge in [-0.15, -0.1) is 0 Å². The molecule has 0 spiro atoms. The lowest BCUT2D eigenvalue weighted by Gasteiger charge is -2.29. The molecule has 1 saturated heterocycles. The first kappa shape index (κ1) is 28.5. The van der Waals surface area contributed by atoms with Crippen LogP contribution in [0.25, 0.3) is 5.69 Å². The van der Waals surface area contributed by atoms with Crippen LogP contribution in [-0.2, 0) is 24.8 Å². The van der Waals surface area contributed by atoms with Crippen LogP contribution in [0.1, 0.15) is 43.5 Å². The number of aromatic nitrogens is 2. The molecule has 42 heavy (non-hydrogen) atoms. The Labute approximate surface area is 253 Å². The zero-order chi connectivity index (χ0) is 29.9. The lowest BCUT2D eigenvalue weighted by atomic mass is 9.94. The summed E-state index contributed by atoms with van der Waals surface area (Å²) in [5.41, 5.74) is -0.422. The minimum atomic E-state index is -4.06. The molecule has 10 nitrogen and oxygen atoms in total. The Morgan fingerprint density at radius 1 is 1.12 bits per heavy atom. The second kappa shape index (κ2) is 10.3. The largest absolute Gasteiger partial charge is 0.425 e. The number of sulfone groups is 1. The van der Waals surface area contributed by atoms with E-state index in [1.54, 1.807) is 53.4 Å². The second-order valence-electron chi connectivity index (χ2n) is 11.1. The summed E-state index contributed by atoms with van der Waals surface area (Å²) in [6, 6.07) is 13.7. The van der Waals surface area contributed by atoms with E-state index in [-0.39, 0.29) is 28.8 Å². The molecule has 2 amide bonds. The van der Waals surface area contributed by atoms with Gasteiger partial charge in [0.1, 0.15) is 11.4 Å². The molecule has 2 aliphatic carbocycles. The number of likely N-dealkylation sites (tertiary alicyclic amines) is 1. The number of nitrogens with one attached hydrogen (secondary N) is 1. The van der Waals surface area contributed by atoms with Crippen molar-refractivity contribution < 1.29 is 22.7 Å². The minimum absolute atomic E-state index is 0.0325. The molecule has 0 radical (unpaired) electrons. The third kappa shape index (κ3) is 5.02. The monoisotopic (exact) mass is 627 g/mol. The number of nitrogens with zero attached hydrogens (tertiary/aromatic N) is 4. The van der Waals surface area contributed by atoms with Gasteiger partial charge < -0.3 is 19.5 Å². The fourth-order valence-corrected chi connectivity index (χ4v) is 7.89. The van der Waals surface area contributed by atoms with Crippen LogP contribution in [0.2, 0.25) is 10.0 Å². The van der Waals surface area contributed by atoms with Crippen molar-refractivity contribution >= 4 is 45.0 Å². The molecule has 218 valence electrons. The number of benzene rings is 2. The van der Waals surface area contributed by atoms with Gasteiger partial charge in [0.25, 0.3) is 0 Å². The van der Waals surface area contributed by atoms with Crippen LogP contribution in [0.5, 0.6) is 0 Å². The van der Waals surface area contributed by atoms with Gasteiger partial charge in [-0.2, -0.15) is 5.26 Å². The summed E-state index contributed by atoms with van der Waals surface area (Å²) in [5, 5.41) is 11.4. The van der Waals surface area contributed by atoms with Crippen molar-refractivity contribution in [1.29, 1.82) is 5.26 Å². The molecule has 1 aliphatic heterocycles. The van der Waals surface area contributed by atoms with E-state index in [0.29, 0.717) is 42.2 Å². The fourth-order valence-electron chi connectivity index (χ4n) is 5.55. The Morgan fingerprint density at radius 3 is 2.40 bits per heavy atom. The molecule has 2 heterocycles. The van der Waals surface area contributed by atoms with Gasteiger partial charge in [-0.1, -0.05) is 35.3 Å². The van der Waals surface area contributed by atoms with Crippen LogP contribution < -0.4 is 5.32 Å². The van der Waals surface area contributed by atoms with E-state index in [1.807, 2.05) is 6.92 Å². The summed E-state index contributed by atoms with van der Waals surface area (Å²) in [5.74, 6) is 0.391.